The molecule has 0 aromatic carbocycles. The lowest BCUT2D eigenvalue weighted by molar-refractivity contribution is 1.27. The van der Waals surface area contributed by atoms with E-state index in [1.54, 1.807) is 0 Å². The molecular weight excluding hydrogens is 160 g/mol. The molecule has 0 spiro atoms. The number of hydrogen-bond donors (Lipinski definition) is 2. The molecule has 0 aliphatic rings. The summed E-state index contributed by atoms with van der Waals surface area (Å²) in [5, 5.41) is 4.22. The van der Waals surface area contributed by atoms with Crippen LogP contribution in [0.1, 0.15) is 0 Å². The molecule has 0 bridgehead atoms. The molecular formula is C3H8N2S3. The topological polar surface area (TPSA) is 38.4 Å². The number of nitrogens with zero attached hydrogens (tertiary/aromatic N) is 1. The van der Waals surface area contributed by atoms with E-state index >= 15 is 0 Å². The van der Waals surface area contributed by atoms with Crippen molar-refractivity contribution in [1.29, 1.82) is 0 Å². The van der Waals surface area contributed by atoms with E-state index in [1.807, 2.05) is 6.26 Å². The first kappa shape index (κ1) is 8.52. The zero-order valence-corrected chi connectivity index (χ0v) is 7.02. The maximum absolute atomic E-state index is 4.98. The second-order valence-electron chi connectivity index (χ2n) is 0.873. The summed E-state index contributed by atoms with van der Waals surface area (Å²) >= 11 is 7.04. The van der Waals surface area contributed by atoms with Gasteiger partial charge in [0.25, 0.3) is 0 Å². The van der Waals surface area contributed by atoms with Crippen LogP contribution in [-0.4, -0.2) is 15.7 Å². The van der Waals surface area contributed by atoms with Gasteiger partial charge in [0.15, 0.2) is 0 Å². The van der Waals surface area contributed by atoms with Crippen molar-refractivity contribution in [2.75, 3.05) is 11.3 Å². The summed E-state index contributed by atoms with van der Waals surface area (Å²) in [6, 6.07) is 0. The van der Waals surface area contributed by atoms with E-state index in [4.69, 9.17) is 5.84 Å². The fraction of sp³-hybridized carbons (Fsp3) is 0.667. The Balaban J connectivity index is 3.38. The third kappa shape index (κ3) is 3.51. The van der Waals surface area contributed by atoms with E-state index in [2.05, 4.69) is 17.7 Å². The quantitative estimate of drug-likeness (QED) is 0.154. The van der Waals surface area contributed by atoms with Crippen molar-refractivity contribution in [1.82, 2.24) is 0 Å². The van der Waals surface area contributed by atoms with Gasteiger partial charge in [-0.1, -0.05) is 11.8 Å². The molecule has 2 nitrogen and oxygen atoms in total. The molecule has 0 heterocycles. The lowest BCUT2D eigenvalue weighted by Crippen LogP contribution is -1.89. The molecule has 0 saturated carbocycles. The lowest BCUT2D eigenvalue weighted by Gasteiger charge is -1.93. The summed E-state index contributed by atoms with van der Waals surface area (Å²) < 4.78 is 0.875. The summed E-state index contributed by atoms with van der Waals surface area (Å²) in [5.41, 5.74) is 0. The first-order valence-electron chi connectivity index (χ1n) is 1.90. The van der Waals surface area contributed by atoms with Crippen LogP contribution in [0.5, 0.6) is 0 Å². The van der Waals surface area contributed by atoms with Gasteiger partial charge in [0.1, 0.15) is 4.38 Å². The largest absolute Gasteiger partial charge is 0.322 e. The first-order valence-corrected chi connectivity index (χ1v) is 4.75. The molecule has 0 fully saturated rings. The van der Waals surface area contributed by atoms with Gasteiger partial charge in [0.05, 0.1) is 0 Å². The Morgan fingerprint density at radius 1 is 1.88 bits per heavy atom. The van der Waals surface area contributed by atoms with E-state index < -0.39 is 0 Å². The lowest BCUT2D eigenvalue weighted by atomic mass is 11.6. The summed E-state index contributed by atoms with van der Waals surface area (Å²) in [6.45, 7) is 0. The highest BCUT2D eigenvalue weighted by Gasteiger charge is 1.91. The predicted octanol–water partition coefficient (Wildman–Crippen LogP) is 1.20. The molecule has 0 rings (SSSR count). The van der Waals surface area contributed by atoms with Crippen LogP contribution in [-0.2, 0) is 0 Å². The summed E-state index contributed by atoms with van der Waals surface area (Å²) in [6.07, 6.45) is 1.93. The number of thiol groups is 1. The molecule has 0 aromatic rings. The van der Waals surface area contributed by atoms with Crippen molar-refractivity contribution in [3.05, 3.63) is 0 Å². The van der Waals surface area contributed by atoms with Gasteiger partial charge in [0, 0.05) is 5.08 Å². The molecule has 0 aliphatic heterocycles. The fourth-order valence-corrected chi connectivity index (χ4v) is 1.77. The molecule has 0 aliphatic carbocycles. The van der Waals surface area contributed by atoms with Gasteiger partial charge >= 0.3 is 0 Å². The highest BCUT2D eigenvalue weighted by atomic mass is 32.2. The molecule has 0 aromatic heterocycles. The minimum absolute atomic E-state index is 0.733. The van der Waals surface area contributed by atoms with Crippen molar-refractivity contribution in [2.45, 2.75) is 0 Å². The molecule has 0 amide bonds. The van der Waals surface area contributed by atoms with Gasteiger partial charge in [-0.15, -0.1) is 11.8 Å². The van der Waals surface area contributed by atoms with Crippen molar-refractivity contribution >= 4 is 40.5 Å². The maximum atomic E-state index is 4.98. The number of hydrazone groups is 1. The normalized spacial score (nSPS) is 12.0. The Morgan fingerprint density at radius 3 is 2.62 bits per heavy atom. The van der Waals surface area contributed by atoms with E-state index in [0.717, 1.165) is 9.46 Å². The van der Waals surface area contributed by atoms with Gasteiger partial charge in [-0.05, 0) is 6.26 Å². The van der Waals surface area contributed by atoms with Gasteiger partial charge in [0.2, 0.25) is 0 Å². The number of thioether (sulfide) groups is 2. The molecule has 0 atom stereocenters. The third-order valence-corrected chi connectivity index (χ3v) is 2.65. The van der Waals surface area contributed by atoms with Crippen molar-refractivity contribution in [2.24, 2.45) is 10.9 Å². The SMILES string of the molecule is CS/C(=N/N)SCS. The van der Waals surface area contributed by atoms with Crippen LogP contribution in [0.15, 0.2) is 5.10 Å². The number of nitrogens with two attached hydrogens (primary N) is 1. The molecule has 0 saturated heterocycles. The summed E-state index contributed by atoms with van der Waals surface area (Å²) in [5.74, 6) is 4.98. The zero-order valence-electron chi connectivity index (χ0n) is 4.50. The van der Waals surface area contributed by atoms with Gasteiger partial charge < -0.3 is 5.84 Å². The predicted molar refractivity (Wildman–Crippen MR) is 46.6 cm³/mol. The molecule has 0 radical (unpaired) electrons. The standard InChI is InChI=1S/C3H8N2S3/c1-7-3(5-4)8-2-6/h6H,2,4H2,1H3/b5-3-. The van der Waals surface area contributed by atoms with E-state index in [0.29, 0.717) is 0 Å². The Morgan fingerprint density at radius 2 is 2.50 bits per heavy atom. The zero-order chi connectivity index (χ0) is 6.41. The maximum Gasteiger partial charge on any atom is 0.150 e. The Bertz CT molecular complexity index is 82.6. The first-order chi connectivity index (χ1) is 3.85. The van der Waals surface area contributed by atoms with Crippen molar-refractivity contribution in [3.8, 4) is 0 Å². The Hall–Kier alpha value is 0.520. The minimum Gasteiger partial charge on any atom is -0.322 e. The van der Waals surface area contributed by atoms with Crippen LogP contribution < -0.4 is 5.84 Å². The van der Waals surface area contributed by atoms with E-state index in [1.165, 1.54) is 23.5 Å². The van der Waals surface area contributed by atoms with E-state index in [9.17, 15) is 0 Å². The number of hydrogen-bond acceptors (Lipinski definition) is 5. The number of rotatable bonds is 1. The van der Waals surface area contributed by atoms with E-state index in [-0.39, 0.29) is 0 Å². The smallest absolute Gasteiger partial charge is 0.150 e. The van der Waals surface area contributed by atoms with Crippen molar-refractivity contribution in [3.63, 3.8) is 0 Å². The minimum atomic E-state index is 0.733. The van der Waals surface area contributed by atoms with Crippen LogP contribution in [0.3, 0.4) is 0 Å². The molecule has 0 unspecified atom stereocenters. The Kier molecular flexibility index (Phi) is 6.02. The van der Waals surface area contributed by atoms with Crippen molar-refractivity contribution < 1.29 is 0 Å². The fourth-order valence-electron chi connectivity index (χ4n) is 0.204. The van der Waals surface area contributed by atoms with Crippen LogP contribution in [0.4, 0.5) is 0 Å². The van der Waals surface area contributed by atoms with Crippen LogP contribution in [0.2, 0.25) is 0 Å². The van der Waals surface area contributed by atoms with Gasteiger partial charge in [-0.3, -0.25) is 0 Å². The average molecular weight is 168 g/mol. The van der Waals surface area contributed by atoms with Crippen LogP contribution >= 0.6 is 36.2 Å². The van der Waals surface area contributed by atoms with Gasteiger partial charge in [-0.2, -0.15) is 17.7 Å². The second kappa shape index (κ2) is 5.65. The average Bonchev–Trinajstić information content (AvgIpc) is 1.83. The Labute approximate surface area is 63.1 Å². The third-order valence-electron chi connectivity index (χ3n) is 0.468. The second-order valence-corrected chi connectivity index (χ2v) is 3.63. The summed E-state index contributed by atoms with van der Waals surface area (Å²) in [7, 11) is 0. The molecule has 5 heteroatoms. The molecule has 48 valence electrons. The van der Waals surface area contributed by atoms with Gasteiger partial charge in [-0.25, -0.2) is 0 Å². The van der Waals surface area contributed by atoms with Crippen LogP contribution in [0.25, 0.3) is 0 Å². The monoisotopic (exact) mass is 168 g/mol. The van der Waals surface area contributed by atoms with Crippen LogP contribution in [0, 0.1) is 0 Å². The molecule has 8 heavy (non-hydrogen) atoms. The molecule has 2 N–H and O–H groups in total. The summed E-state index contributed by atoms with van der Waals surface area (Å²) in [4.78, 5) is 0. The highest BCUT2D eigenvalue weighted by Crippen LogP contribution is 2.13. The highest BCUT2D eigenvalue weighted by molar-refractivity contribution is 8.40.